The minimum atomic E-state index is -1.03. The first-order valence-electron chi connectivity index (χ1n) is 13.3. The van der Waals surface area contributed by atoms with Crippen molar-refractivity contribution in [1.29, 1.82) is 0 Å². The number of aliphatic hydroxyl groups is 1. The first kappa shape index (κ1) is 28.2. The van der Waals surface area contributed by atoms with Crippen molar-refractivity contribution in [3.8, 4) is 11.5 Å². The van der Waals surface area contributed by atoms with Crippen molar-refractivity contribution >= 4 is 56.8 Å². The molecule has 0 saturated carbocycles. The third-order valence-corrected chi connectivity index (χ3v) is 9.16. The van der Waals surface area contributed by atoms with Gasteiger partial charge < -0.3 is 14.9 Å². The number of carbonyl (C=O) groups excluding carboxylic acids is 2. The fraction of sp³-hybridized carbons (Fsp3) is 0.0909. The second-order valence-electron chi connectivity index (χ2n) is 9.66. The second-order valence-corrected chi connectivity index (χ2v) is 11.8. The van der Waals surface area contributed by atoms with Gasteiger partial charge in [-0.15, -0.1) is 10.2 Å². The van der Waals surface area contributed by atoms with Crippen LogP contribution in [-0.2, 0) is 15.3 Å². The maximum Gasteiger partial charge on any atom is 0.296 e. The van der Waals surface area contributed by atoms with E-state index in [4.69, 9.17) is 4.74 Å². The van der Waals surface area contributed by atoms with E-state index >= 15 is 0 Å². The molecule has 0 bridgehead atoms. The number of carbonyl (C=O) groups is 2. The van der Waals surface area contributed by atoms with Crippen LogP contribution in [0.3, 0.4) is 0 Å². The maximum atomic E-state index is 13.5. The number of aromatic hydroxyl groups is 1. The third-order valence-electron chi connectivity index (χ3n) is 7.05. The molecule has 1 amide bonds. The summed E-state index contributed by atoms with van der Waals surface area (Å²) in [5, 5.41) is 32.4. The number of amides is 1. The molecule has 214 valence electrons. The Kier molecular flexibility index (Phi) is 7.95. The van der Waals surface area contributed by atoms with Crippen LogP contribution in [0.5, 0.6) is 11.5 Å². The molecule has 1 unspecified atom stereocenters. The Balaban J connectivity index is 1.33. The summed E-state index contributed by atoms with van der Waals surface area (Å²) in [5.74, 6) is -1.28. The number of aromatic nitrogens is 2. The molecule has 0 fully saturated rings. The minimum absolute atomic E-state index is 0.102. The molecular weight excluding hydrogens is 583 g/mol. The average Bonchev–Trinajstić information content (AvgIpc) is 3.61. The number of rotatable bonds is 9. The van der Waals surface area contributed by atoms with Crippen molar-refractivity contribution in [2.24, 2.45) is 0 Å². The number of fused-ring (bicyclic) bond motifs is 1. The molecule has 8 nitrogen and oxygen atoms in total. The number of hydrogen-bond acceptors (Lipinski definition) is 9. The topological polar surface area (TPSA) is 113 Å². The minimum Gasteiger partial charge on any atom is -0.504 e. The van der Waals surface area contributed by atoms with Crippen LogP contribution in [-0.4, -0.2) is 39.2 Å². The number of anilines is 1. The predicted molar refractivity (Wildman–Crippen MR) is 168 cm³/mol. The van der Waals surface area contributed by atoms with Crippen LogP contribution in [0.1, 0.15) is 22.7 Å². The third kappa shape index (κ3) is 5.62. The second kappa shape index (κ2) is 12.1. The van der Waals surface area contributed by atoms with Gasteiger partial charge in [0.2, 0.25) is 5.13 Å². The van der Waals surface area contributed by atoms with Crippen molar-refractivity contribution in [3.63, 3.8) is 0 Å². The summed E-state index contributed by atoms with van der Waals surface area (Å²) >= 11 is 2.68. The molecule has 1 aliphatic rings. The highest BCUT2D eigenvalue weighted by Crippen LogP contribution is 2.45. The number of thioether (sulfide) groups is 1. The zero-order chi connectivity index (χ0) is 29.9. The lowest BCUT2D eigenvalue weighted by Gasteiger charge is -2.24. The molecule has 0 spiro atoms. The van der Waals surface area contributed by atoms with Gasteiger partial charge in [-0.05, 0) is 45.7 Å². The summed E-state index contributed by atoms with van der Waals surface area (Å²) in [6.45, 7) is 0. The molecule has 0 radical (unpaired) electrons. The van der Waals surface area contributed by atoms with Gasteiger partial charge in [-0.1, -0.05) is 108 Å². The van der Waals surface area contributed by atoms with Crippen LogP contribution in [0.25, 0.3) is 16.8 Å². The summed E-state index contributed by atoms with van der Waals surface area (Å²) in [4.78, 5) is 28.3. The largest absolute Gasteiger partial charge is 0.504 e. The van der Waals surface area contributed by atoms with Gasteiger partial charge in [0.05, 0.1) is 18.7 Å². The first-order valence-corrected chi connectivity index (χ1v) is 15.1. The number of aliphatic hydroxyl groups excluding tert-OH is 1. The van der Waals surface area contributed by atoms with Crippen LogP contribution in [0, 0.1) is 0 Å². The Hall–Kier alpha value is -4.93. The van der Waals surface area contributed by atoms with Crippen molar-refractivity contribution in [1.82, 2.24) is 10.2 Å². The number of nitrogens with zero attached hydrogens (tertiary/aromatic N) is 3. The van der Waals surface area contributed by atoms with Gasteiger partial charge in [0.15, 0.2) is 27.4 Å². The summed E-state index contributed by atoms with van der Waals surface area (Å²) in [5.41, 5.74) is 2.27. The predicted octanol–water partition coefficient (Wildman–Crippen LogP) is 6.88. The fourth-order valence-corrected chi connectivity index (χ4v) is 6.85. The molecule has 2 N–H and O–H groups in total. The molecule has 6 rings (SSSR count). The molecule has 1 atom stereocenters. The lowest BCUT2D eigenvalue weighted by Crippen LogP contribution is -2.30. The van der Waals surface area contributed by atoms with Crippen LogP contribution < -0.4 is 9.64 Å². The van der Waals surface area contributed by atoms with E-state index in [0.717, 1.165) is 21.9 Å². The molecule has 0 saturated heterocycles. The number of phenols is 1. The SMILES string of the molecule is COc1cc(C2C(C(=O)/C=C/c3ccccc3)=C(O)C(=O)N2c2nnc(SCc3cccc4ccccc34)s2)ccc1O. The van der Waals surface area contributed by atoms with Crippen LogP contribution in [0.15, 0.2) is 113 Å². The Labute approximate surface area is 255 Å². The van der Waals surface area contributed by atoms with Gasteiger partial charge in [-0.25, -0.2) is 0 Å². The highest BCUT2D eigenvalue weighted by molar-refractivity contribution is 8.00. The number of phenolic OH excluding ortho intramolecular Hbond substituents is 1. The van der Waals surface area contributed by atoms with E-state index in [1.54, 1.807) is 12.1 Å². The van der Waals surface area contributed by atoms with E-state index in [-0.39, 0.29) is 22.2 Å². The number of ether oxygens (including phenoxy) is 1. The van der Waals surface area contributed by atoms with Gasteiger partial charge in [0.25, 0.3) is 5.91 Å². The molecule has 0 aliphatic carbocycles. The first-order chi connectivity index (χ1) is 20.9. The zero-order valence-corrected chi connectivity index (χ0v) is 24.5. The summed E-state index contributed by atoms with van der Waals surface area (Å²) in [6, 6.07) is 27.0. The molecular formula is C33H25N3O5S2. The molecule has 4 aromatic carbocycles. The molecule has 5 aromatic rings. The fourth-order valence-electron chi connectivity index (χ4n) is 4.98. The molecule has 1 aliphatic heterocycles. The van der Waals surface area contributed by atoms with E-state index in [9.17, 15) is 19.8 Å². The molecule has 1 aromatic heterocycles. The van der Waals surface area contributed by atoms with Crippen molar-refractivity contribution in [2.75, 3.05) is 12.0 Å². The van der Waals surface area contributed by atoms with Crippen LogP contribution >= 0.6 is 23.1 Å². The summed E-state index contributed by atoms with van der Waals surface area (Å²) in [6.07, 6.45) is 2.95. The molecule has 10 heteroatoms. The van der Waals surface area contributed by atoms with Crippen molar-refractivity contribution in [2.45, 2.75) is 16.1 Å². The standard InChI is InChI=1S/C33H25N3O5S2/c1-41-27-18-22(15-17-25(27)37)29-28(26(38)16-14-20-8-3-2-4-9-20)30(39)31(40)36(29)32-34-35-33(43-32)42-19-23-12-7-11-21-10-5-6-13-24(21)23/h2-18,29,37,39H,19H2,1H3/b16-14+. The quantitative estimate of drug-likeness (QED) is 0.106. The van der Waals surface area contributed by atoms with Gasteiger partial charge in [0, 0.05) is 5.75 Å². The van der Waals surface area contributed by atoms with Gasteiger partial charge in [-0.3, -0.25) is 14.5 Å². The van der Waals surface area contributed by atoms with E-state index in [2.05, 4.69) is 34.5 Å². The van der Waals surface area contributed by atoms with Crippen LogP contribution in [0.2, 0.25) is 0 Å². The van der Waals surface area contributed by atoms with E-state index in [1.807, 2.05) is 48.5 Å². The van der Waals surface area contributed by atoms with E-state index in [0.29, 0.717) is 15.7 Å². The Morgan fingerprint density at radius 2 is 1.77 bits per heavy atom. The number of allylic oxidation sites excluding steroid dienone is 1. The molecule has 2 heterocycles. The normalized spacial score (nSPS) is 15.1. The highest BCUT2D eigenvalue weighted by Gasteiger charge is 2.45. The van der Waals surface area contributed by atoms with Gasteiger partial charge >= 0.3 is 0 Å². The Morgan fingerprint density at radius 1 is 1.00 bits per heavy atom. The monoisotopic (exact) mass is 607 g/mol. The zero-order valence-electron chi connectivity index (χ0n) is 22.9. The van der Waals surface area contributed by atoms with Gasteiger partial charge in [-0.2, -0.15) is 0 Å². The number of ketones is 1. The number of benzene rings is 4. The summed E-state index contributed by atoms with van der Waals surface area (Å²) in [7, 11) is 1.41. The van der Waals surface area contributed by atoms with E-state index < -0.39 is 23.5 Å². The van der Waals surface area contributed by atoms with Gasteiger partial charge in [0.1, 0.15) is 0 Å². The van der Waals surface area contributed by atoms with Crippen molar-refractivity contribution in [3.05, 3.63) is 125 Å². The lowest BCUT2D eigenvalue weighted by molar-refractivity contribution is -0.117. The average molecular weight is 608 g/mol. The van der Waals surface area contributed by atoms with Crippen LogP contribution in [0.4, 0.5) is 5.13 Å². The Morgan fingerprint density at radius 3 is 2.58 bits per heavy atom. The van der Waals surface area contributed by atoms with E-state index in [1.165, 1.54) is 53.3 Å². The molecule has 43 heavy (non-hydrogen) atoms. The Bertz CT molecular complexity index is 1900. The number of methoxy groups -OCH3 is 1. The lowest BCUT2D eigenvalue weighted by atomic mass is 9.95. The smallest absolute Gasteiger partial charge is 0.296 e. The maximum absolute atomic E-state index is 13.5. The summed E-state index contributed by atoms with van der Waals surface area (Å²) < 4.78 is 5.92. The highest BCUT2D eigenvalue weighted by atomic mass is 32.2. The number of hydrogen-bond donors (Lipinski definition) is 2. The van der Waals surface area contributed by atoms with Crippen molar-refractivity contribution < 1.29 is 24.5 Å².